The Morgan fingerprint density at radius 3 is 2.15 bits per heavy atom. The number of rotatable bonds is 11. The van der Waals surface area contributed by atoms with E-state index in [1.54, 1.807) is 19.1 Å². The molecule has 0 spiro atoms. The summed E-state index contributed by atoms with van der Waals surface area (Å²) in [4.78, 5) is 11.4. The molecule has 2 rings (SSSR count). The van der Waals surface area contributed by atoms with Crippen LogP contribution in [0.25, 0.3) is 5.57 Å². The Balaban J connectivity index is 2.32. The first-order valence-electron chi connectivity index (χ1n) is 11.3. The molecule has 0 saturated heterocycles. The minimum atomic E-state index is -5.03. The molecule has 0 fully saturated rings. The lowest BCUT2D eigenvalue weighted by molar-refractivity contribution is -0.106. The van der Waals surface area contributed by atoms with Crippen LogP contribution in [0.1, 0.15) is 42.3 Å². The van der Waals surface area contributed by atoms with E-state index in [-0.39, 0.29) is 18.2 Å². The molecule has 0 aliphatic carbocycles. The van der Waals surface area contributed by atoms with Gasteiger partial charge in [0, 0.05) is 18.2 Å². The molecule has 2 aromatic carbocycles. The third-order valence-corrected chi connectivity index (χ3v) is 6.77. The highest BCUT2D eigenvalue weighted by Crippen LogP contribution is 2.28. The molecule has 0 atom stereocenters. The first-order chi connectivity index (χ1) is 17.7. The number of ether oxygens (including phenoxy) is 1. The van der Waals surface area contributed by atoms with Crippen LogP contribution in [0, 0.1) is 0 Å². The molecule has 0 aliphatic rings. The molecule has 7 nitrogen and oxygen atoms in total. The van der Waals surface area contributed by atoms with Crippen LogP contribution in [0.2, 0.25) is 0 Å². The van der Waals surface area contributed by atoms with Gasteiger partial charge >= 0.3 is 12.4 Å². The second-order valence-corrected chi connectivity index (χ2v) is 10.7. The van der Waals surface area contributed by atoms with Crippen molar-refractivity contribution >= 4 is 21.4 Å². The molecule has 0 heterocycles. The van der Waals surface area contributed by atoms with Gasteiger partial charge < -0.3 is 4.74 Å². The monoisotopic (exact) mass is 579 g/mol. The number of ketones is 1. The number of allylic oxidation sites excluding steroid dienone is 2. The summed E-state index contributed by atoms with van der Waals surface area (Å²) in [6.07, 6.45) is -8.53. The zero-order valence-electron chi connectivity index (χ0n) is 21.2. The second kappa shape index (κ2) is 11.8. The molecule has 0 radical (unpaired) electrons. The molecule has 0 amide bonds. The van der Waals surface area contributed by atoms with Crippen LogP contribution >= 0.6 is 0 Å². The van der Waals surface area contributed by atoms with Crippen molar-refractivity contribution in [2.45, 2.75) is 38.7 Å². The third kappa shape index (κ3) is 9.41. The average Bonchev–Trinajstić information content (AvgIpc) is 2.80. The summed E-state index contributed by atoms with van der Waals surface area (Å²) in [6, 6.07) is 10.5. The molecular formula is C25H27F6N3O4S. The van der Waals surface area contributed by atoms with Gasteiger partial charge in [0.05, 0.1) is 5.54 Å². The van der Waals surface area contributed by atoms with Crippen LogP contribution in [-0.4, -0.2) is 43.9 Å². The van der Waals surface area contributed by atoms with E-state index in [4.69, 9.17) is 10.6 Å². The first-order valence-corrected chi connectivity index (χ1v) is 12.9. The Morgan fingerprint density at radius 2 is 1.64 bits per heavy atom. The van der Waals surface area contributed by atoms with Crippen molar-refractivity contribution in [1.82, 2.24) is 9.73 Å². The van der Waals surface area contributed by atoms with E-state index < -0.39 is 45.0 Å². The number of carbonyl (C=O) groups is 1. The lowest BCUT2D eigenvalue weighted by Crippen LogP contribution is -2.44. The quantitative estimate of drug-likeness (QED) is 0.0939. The number of Topliss-reactive ketones (excluding diaryl/α,β-unsaturated/α-hetero) is 1. The number of nitrogens with two attached hydrogens (primary N) is 1. The van der Waals surface area contributed by atoms with Crippen molar-refractivity contribution < 1.29 is 44.3 Å². The maximum Gasteiger partial charge on any atom is 0.454 e. The fourth-order valence-electron chi connectivity index (χ4n) is 3.32. The highest BCUT2D eigenvalue weighted by atomic mass is 32.2. The van der Waals surface area contributed by atoms with E-state index in [1.165, 1.54) is 37.1 Å². The second-order valence-electron chi connectivity index (χ2n) is 8.93. The topological polar surface area (TPSA) is 102 Å². The van der Waals surface area contributed by atoms with E-state index in [0.717, 1.165) is 24.3 Å². The summed E-state index contributed by atoms with van der Waals surface area (Å²) in [6.45, 7) is 8.69. The number of hydrogen-bond acceptors (Lipinski definition) is 6. The highest BCUT2D eigenvalue weighted by Gasteiger charge is 2.39. The average molecular weight is 580 g/mol. The lowest BCUT2D eigenvalue weighted by atomic mass is 9.92. The summed E-state index contributed by atoms with van der Waals surface area (Å²) in [7, 11) is -4.70. The lowest BCUT2D eigenvalue weighted by Gasteiger charge is -2.27. The van der Waals surface area contributed by atoms with Gasteiger partial charge in [0.25, 0.3) is 5.78 Å². The number of hydrazine groups is 1. The molecule has 0 bridgehead atoms. The van der Waals surface area contributed by atoms with Gasteiger partial charge in [-0.05, 0) is 67.8 Å². The SMILES string of the molecule is C=C(/C=C(/Oc1ccc(C(=O)C(F)(F)F)cc1)N(N)CC)c1cccc(C(C)(C)NS(=O)(=O)CC(F)(F)F)c1. The number of nitrogens with zero attached hydrogens (tertiary/aromatic N) is 1. The minimum absolute atomic E-state index is 0.0351. The number of alkyl halides is 6. The zero-order chi connectivity index (χ0) is 29.8. The molecule has 0 unspecified atom stereocenters. The van der Waals surface area contributed by atoms with Gasteiger partial charge in [-0.2, -0.15) is 26.3 Å². The van der Waals surface area contributed by atoms with E-state index in [2.05, 4.69) is 11.3 Å². The Hall–Kier alpha value is -3.36. The van der Waals surface area contributed by atoms with Crippen molar-refractivity contribution in [3.05, 3.63) is 83.8 Å². The standard InChI is InChI=1S/C25H27F6N3O4S/c1-5-34(32)21(38-20-11-9-17(10-12-20)22(35)25(29,30)31)13-16(2)18-7-6-8-19(14-18)23(3,4)33-39(36,37)15-24(26,27)28/h6-14,33H,2,5,15,32H2,1,3-4H3/b21-13+. The summed E-state index contributed by atoms with van der Waals surface area (Å²) in [5.41, 5.74) is -0.883. The molecule has 0 aromatic heterocycles. The van der Waals surface area contributed by atoms with Crippen LogP contribution < -0.4 is 15.3 Å². The summed E-state index contributed by atoms with van der Waals surface area (Å²) < 4.78 is 108. The fourth-order valence-corrected chi connectivity index (χ4v) is 4.72. The summed E-state index contributed by atoms with van der Waals surface area (Å²) in [5, 5.41) is 1.18. The van der Waals surface area contributed by atoms with E-state index in [1.807, 2.05) is 0 Å². The smallest absolute Gasteiger partial charge is 0.440 e. The van der Waals surface area contributed by atoms with Gasteiger partial charge in [-0.25, -0.2) is 19.0 Å². The fraction of sp³-hybridized carbons (Fsp3) is 0.320. The molecule has 3 N–H and O–H groups in total. The highest BCUT2D eigenvalue weighted by molar-refractivity contribution is 7.89. The number of hydrogen-bond donors (Lipinski definition) is 2. The van der Waals surface area contributed by atoms with Crippen molar-refractivity contribution in [1.29, 1.82) is 0 Å². The predicted molar refractivity (Wildman–Crippen MR) is 134 cm³/mol. The Bertz CT molecular complexity index is 1330. The maximum absolute atomic E-state index is 12.6. The molecule has 2 aromatic rings. The van der Waals surface area contributed by atoms with Crippen LogP contribution in [0.5, 0.6) is 5.75 Å². The number of halogens is 6. The minimum Gasteiger partial charge on any atom is -0.440 e. The van der Waals surface area contributed by atoms with Gasteiger partial charge in [0.2, 0.25) is 15.9 Å². The summed E-state index contributed by atoms with van der Waals surface area (Å²) >= 11 is 0. The molecule has 14 heteroatoms. The molecular weight excluding hydrogens is 552 g/mol. The Morgan fingerprint density at radius 1 is 1.05 bits per heavy atom. The molecule has 0 aliphatic heterocycles. The van der Waals surface area contributed by atoms with Gasteiger partial charge in [0.15, 0.2) is 5.75 Å². The molecule has 39 heavy (non-hydrogen) atoms. The van der Waals surface area contributed by atoms with Gasteiger partial charge in [-0.1, -0.05) is 24.8 Å². The predicted octanol–water partition coefficient (Wildman–Crippen LogP) is 5.28. The Kier molecular flexibility index (Phi) is 9.64. The molecule has 0 saturated carbocycles. The summed E-state index contributed by atoms with van der Waals surface area (Å²) in [5.74, 6) is 2.05. The van der Waals surface area contributed by atoms with Gasteiger partial charge in [0.1, 0.15) is 5.75 Å². The van der Waals surface area contributed by atoms with Crippen LogP contribution in [0.15, 0.2) is 67.1 Å². The van der Waals surface area contributed by atoms with Crippen LogP contribution in [0.4, 0.5) is 26.3 Å². The van der Waals surface area contributed by atoms with Crippen LogP contribution in [-0.2, 0) is 15.6 Å². The van der Waals surface area contributed by atoms with Crippen molar-refractivity contribution in [2.75, 3.05) is 12.3 Å². The maximum atomic E-state index is 12.6. The van der Waals surface area contributed by atoms with Gasteiger partial charge in [-0.3, -0.25) is 9.80 Å². The Labute approximate surface area is 222 Å². The van der Waals surface area contributed by atoms with Crippen molar-refractivity contribution in [2.24, 2.45) is 5.84 Å². The van der Waals surface area contributed by atoms with Crippen molar-refractivity contribution in [3.8, 4) is 5.75 Å². The third-order valence-electron chi connectivity index (χ3n) is 5.24. The normalized spacial score (nSPS) is 13.2. The zero-order valence-corrected chi connectivity index (χ0v) is 22.0. The number of carbonyl (C=O) groups excluding carboxylic acids is 1. The largest absolute Gasteiger partial charge is 0.454 e. The first kappa shape index (κ1) is 31.9. The molecule has 214 valence electrons. The van der Waals surface area contributed by atoms with Gasteiger partial charge in [-0.15, -0.1) is 0 Å². The van der Waals surface area contributed by atoms with E-state index in [0.29, 0.717) is 16.7 Å². The number of nitrogens with one attached hydrogen (secondary N) is 1. The van der Waals surface area contributed by atoms with Crippen molar-refractivity contribution in [3.63, 3.8) is 0 Å². The van der Waals surface area contributed by atoms with E-state index >= 15 is 0 Å². The van der Waals surface area contributed by atoms with Crippen LogP contribution in [0.3, 0.4) is 0 Å². The number of benzene rings is 2. The number of sulfonamides is 1. The van der Waals surface area contributed by atoms with E-state index in [9.17, 15) is 39.6 Å².